The molecular formula is C13H15N3O3S. The van der Waals surface area contributed by atoms with Crippen LogP contribution < -0.4 is 10.1 Å². The lowest BCUT2D eigenvalue weighted by Crippen LogP contribution is -2.15. The molecule has 1 atom stereocenters. The van der Waals surface area contributed by atoms with Gasteiger partial charge in [0.2, 0.25) is 0 Å². The maximum absolute atomic E-state index is 11.2. The maximum Gasteiger partial charge on any atom is 0.312 e. The minimum Gasteiger partial charge on any atom is -0.486 e. The topological polar surface area (TPSA) is 77.3 Å². The van der Waals surface area contributed by atoms with Gasteiger partial charge in [0.05, 0.1) is 26.8 Å². The number of fused-ring (bicyclic) bond motifs is 1. The van der Waals surface area contributed by atoms with Crippen molar-refractivity contribution in [2.45, 2.75) is 13.3 Å². The number of nitro benzene ring substituents is 1. The lowest BCUT2D eigenvalue weighted by atomic mass is 10.1. The van der Waals surface area contributed by atoms with Gasteiger partial charge in [-0.05, 0) is 19.9 Å². The van der Waals surface area contributed by atoms with E-state index in [1.807, 2.05) is 6.92 Å². The molecule has 0 radical (unpaired) electrons. The van der Waals surface area contributed by atoms with Crippen LogP contribution >= 0.6 is 11.3 Å². The van der Waals surface area contributed by atoms with Crippen molar-refractivity contribution in [2.24, 2.45) is 5.92 Å². The molecule has 2 heterocycles. The number of hydrogen-bond acceptors (Lipinski definition) is 6. The van der Waals surface area contributed by atoms with Crippen LogP contribution in [0.15, 0.2) is 12.1 Å². The lowest BCUT2D eigenvalue weighted by molar-refractivity contribution is -0.385. The van der Waals surface area contributed by atoms with E-state index in [2.05, 4.69) is 10.3 Å². The van der Waals surface area contributed by atoms with Crippen LogP contribution in [0.25, 0.3) is 10.2 Å². The first-order valence-corrected chi connectivity index (χ1v) is 7.34. The second kappa shape index (κ2) is 5.34. The summed E-state index contributed by atoms with van der Waals surface area (Å²) in [7, 11) is 0. The summed E-state index contributed by atoms with van der Waals surface area (Å²) in [4.78, 5) is 15.1. The normalized spacial score (nSPS) is 18.6. The molecule has 1 aromatic carbocycles. The van der Waals surface area contributed by atoms with Crippen molar-refractivity contribution >= 4 is 27.2 Å². The van der Waals surface area contributed by atoms with Gasteiger partial charge in [0.15, 0.2) is 5.75 Å². The Bertz CT molecular complexity index is 650. The van der Waals surface area contributed by atoms with Crippen LogP contribution in [0.5, 0.6) is 5.75 Å². The second-order valence-corrected chi connectivity index (χ2v) is 6.18. The number of ether oxygens (including phenoxy) is 1. The molecule has 1 fully saturated rings. The average molecular weight is 293 g/mol. The van der Waals surface area contributed by atoms with Gasteiger partial charge in [0, 0.05) is 24.6 Å². The van der Waals surface area contributed by atoms with Crippen molar-refractivity contribution in [1.29, 1.82) is 0 Å². The highest BCUT2D eigenvalue weighted by atomic mass is 32.1. The molecule has 0 spiro atoms. The molecule has 20 heavy (non-hydrogen) atoms. The summed E-state index contributed by atoms with van der Waals surface area (Å²) >= 11 is 1.45. The van der Waals surface area contributed by atoms with Gasteiger partial charge in [-0.2, -0.15) is 0 Å². The number of rotatable bonds is 4. The number of nitrogens with one attached hydrogen (secondary N) is 1. The Morgan fingerprint density at radius 2 is 2.45 bits per heavy atom. The van der Waals surface area contributed by atoms with Crippen molar-refractivity contribution in [1.82, 2.24) is 10.3 Å². The van der Waals surface area contributed by atoms with E-state index in [-0.39, 0.29) is 5.69 Å². The standard InChI is InChI=1S/C13H15N3O3S/c1-8-15-10-4-12(19-7-9-2-3-14-6-9)11(16(17)18)5-13(10)20-8/h4-5,9,14H,2-3,6-7H2,1H3. The Balaban J connectivity index is 1.89. The van der Waals surface area contributed by atoms with E-state index < -0.39 is 4.92 Å². The number of nitrogens with zero attached hydrogens (tertiary/aromatic N) is 2. The minimum atomic E-state index is -0.392. The van der Waals surface area contributed by atoms with E-state index in [4.69, 9.17) is 4.74 Å². The third-order valence-electron chi connectivity index (χ3n) is 3.41. The predicted octanol–water partition coefficient (Wildman–Crippen LogP) is 2.50. The van der Waals surface area contributed by atoms with Crippen LogP contribution in [0.2, 0.25) is 0 Å². The fourth-order valence-corrected chi connectivity index (χ4v) is 3.22. The van der Waals surface area contributed by atoms with Crippen molar-refractivity contribution in [3.8, 4) is 5.75 Å². The van der Waals surface area contributed by atoms with Gasteiger partial charge in [-0.15, -0.1) is 11.3 Å². The Labute approximate surface area is 119 Å². The highest BCUT2D eigenvalue weighted by Crippen LogP contribution is 2.34. The van der Waals surface area contributed by atoms with Crippen molar-refractivity contribution in [3.05, 3.63) is 27.3 Å². The van der Waals surface area contributed by atoms with Crippen molar-refractivity contribution in [3.63, 3.8) is 0 Å². The summed E-state index contributed by atoms with van der Waals surface area (Å²) in [5.74, 6) is 0.738. The van der Waals surface area contributed by atoms with Gasteiger partial charge < -0.3 is 10.1 Å². The molecule has 1 N–H and O–H groups in total. The molecule has 0 bridgehead atoms. The van der Waals surface area contributed by atoms with E-state index >= 15 is 0 Å². The quantitative estimate of drug-likeness (QED) is 0.692. The molecule has 0 saturated carbocycles. The van der Waals surface area contributed by atoms with E-state index in [0.29, 0.717) is 18.3 Å². The molecule has 7 heteroatoms. The van der Waals surface area contributed by atoms with Crippen LogP contribution in [0.1, 0.15) is 11.4 Å². The largest absolute Gasteiger partial charge is 0.486 e. The third-order valence-corrected chi connectivity index (χ3v) is 4.34. The SMILES string of the molecule is Cc1nc2cc(OCC3CCNC3)c([N+](=O)[O-])cc2s1. The summed E-state index contributed by atoms with van der Waals surface area (Å²) in [5.41, 5.74) is 0.782. The average Bonchev–Trinajstić information content (AvgIpc) is 3.02. The fraction of sp³-hybridized carbons (Fsp3) is 0.462. The lowest BCUT2D eigenvalue weighted by Gasteiger charge is -2.10. The highest BCUT2D eigenvalue weighted by molar-refractivity contribution is 7.18. The number of benzene rings is 1. The predicted molar refractivity (Wildman–Crippen MR) is 77.5 cm³/mol. The Morgan fingerprint density at radius 1 is 1.60 bits per heavy atom. The van der Waals surface area contributed by atoms with E-state index in [1.165, 1.54) is 11.3 Å². The molecule has 106 valence electrons. The first-order chi connectivity index (χ1) is 9.63. The molecule has 1 aliphatic heterocycles. The van der Waals surface area contributed by atoms with Crippen LogP contribution in [-0.2, 0) is 0 Å². The number of nitro groups is 1. The van der Waals surface area contributed by atoms with Gasteiger partial charge in [-0.1, -0.05) is 0 Å². The number of thiazole rings is 1. The van der Waals surface area contributed by atoms with E-state index in [1.54, 1.807) is 12.1 Å². The summed E-state index contributed by atoms with van der Waals surface area (Å²) in [6.07, 6.45) is 1.05. The van der Waals surface area contributed by atoms with Crippen molar-refractivity contribution < 1.29 is 9.66 Å². The monoisotopic (exact) mass is 293 g/mol. The van der Waals surface area contributed by atoms with Crippen molar-refractivity contribution in [2.75, 3.05) is 19.7 Å². The first-order valence-electron chi connectivity index (χ1n) is 6.52. The maximum atomic E-state index is 11.2. The highest BCUT2D eigenvalue weighted by Gasteiger charge is 2.21. The van der Waals surface area contributed by atoms with Crippen LogP contribution in [0.4, 0.5) is 5.69 Å². The minimum absolute atomic E-state index is 0.0205. The molecule has 1 saturated heterocycles. The summed E-state index contributed by atoms with van der Waals surface area (Å²) in [5, 5.41) is 15.3. The zero-order valence-electron chi connectivity index (χ0n) is 11.1. The smallest absolute Gasteiger partial charge is 0.312 e. The Morgan fingerprint density at radius 3 is 3.15 bits per heavy atom. The van der Waals surface area contributed by atoms with Crippen LogP contribution in [0, 0.1) is 23.0 Å². The molecule has 2 aromatic rings. The third kappa shape index (κ3) is 2.59. The first kappa shape index (κ1) is 13.3. The zero-order chi connectivity index (χ0) is 14.1. The summed E-state index contributed by atoms with van der Waals surface area (Å²) in [6, 6.07) is 3.24. The van der Waals surface area contributed by atoms with Crippen LogP contribution in [0.3, 0.4) is 0 Å². The van der Waals surface area contributed by atoms with E-state index in [9.17, 15) is 10.1 Å². The molecule has 1 aromatic heterocycles. The second-order valence-electron chi connectivity index (χ2n) is 4.95. The summed E-state index contributed by atoms with van der Waals surface area (Å²) in [6.45, 7) is 4.29. The number of aromatic nitrogens is 1. The van der Waals surface area contributed by atoms with E-state index in [0.717, 1.165) is 34.7 Å². The zero-order valence-corrected chi connectivity index (χ0v) is 11.9. The van der Waals surface area contributed by atoms with Gasteiger partial charge in [0.25, 0.3) is 0 Å². The molecule has 3 rings (SSSR count). The summed E-state index contributed by atoms with van der Waals surface area (Å²) < 4.78 is 6.51. The van der Waals surface area contributed by atoms with Crippen LogP contribution in [-0.4, -0.2) is 29.6 Å². The molecule has 1 unspecified atom stereocenters. The van der Waals surface area contributed by atoms with Gasteiger partial charge in [-0.3, -0.25) is 10.1 Å². The Hall–Kier alpha value is -1.73. The Kier molecular flexibility index (Phi) is 3.54. The molecular weight excluding hydrogens is 278 g/mol. The van der Waals surface area contributed by atoms with Gasteiger partial charge >= 0.3 is 5.69 Å². The fourth-order valence-electron chi connectivity index (χ4n) is 2.38. The molecule has 1 aliphatic rings. The molecule has 0 aliphatic carbocycles. The van der Waals surface area contributed by atoms with Gasteiger partial charge in [-0.25, -0.2) is 4.98 Å². The molecule has 0 amide bonds. The van der Waals surface area contributed by atoms with Gasteiger partial charge in [0.1, 0.15) is 0 Å². The number of aryl methyl sites for hydroxylation is 1. The number of hydrogen-bond donors (Lipinski definition) is 1. The molecule has 6 nitrogen and oxygen atoms in total.